The number of hydrogen-bond donors (Lipinski definition) is 0. The minimum Gasteiger partial charge on any atom is -0.456 e. The first-order valence-electron chi connectivity index (χ1n) is 19.2. The van der Waals surface area contributed by atoms with Crippen molar-refractivity contribution in [1.82, 2.24) is 19.5 Å². The molecule has 11 rings (SSSR count). The molecule has 0 radical (unpaired) electrons. The van der Waals surface area contributed by atoms with Crippen LogP contribution >= 0.6 is 0 Å². The number of benzene rings is 7. The molecule has 0 saturated carbocycles. The van der Waals surface area contributed by atoms with Crippen molar-refractivity contribution in [1.29, 1.82) is 0 Å². The van der Waals surface area contributed by atoms with Crippen molar-refractivity contribution in [2.24, 2.45) is 0 Å². The zero-order valence-electron chi connectivity index (χ0n) is 30.9. The van der Waals surface area contributed by atoms with E-state index in [0.717, 1.165) is 73.3 Å². The summed E-state index contributed by atoms with van der Waals surface area (Å²) in [5.41, 5.74) is 12.6. The van der Waals surface area contributed by atoms with E-state index >= 15 is 0 Å². The lowest BCUT2D eigenvalue weighted by atomic mass is 10.0. The summed E-state index contributed by atoms with van der Waals surface area (Å²) in [5, 5.41) is 3.48. The molecule has 0 saturated heterocycles. The average molecular weight is 731 g/mol. The summed E-state index contributed by atoms with van der Waals surface area (Å²) in [5.74, 6) is 2.64. The molecule has 10 aromatic rings. The maximum absolute atomic E-state index is 6.37. The van der Waals surface area contributed by atoms with Crippen LogP contribution in [0.25, 0.3) is 107 Å². The van der Waals surface area contributed by atoms with E-state index in [1.807, 2.05) is 12.1 Å². The number of fused-ring (bicyclic) bond motifs is 6. The second-order valence-electron chi connectivity index (χ2n) is 14.4. The summed E-state index contributed by atoms with van der Waals surface area (Å²) in [6.45, 7) is 0. The van der Waals surface area contributed by atoms with Crippen LogP contribution in [-0.4, -0.2) is 19.5 Å². The van der Waals surface area contributed by atoms with Crippen LogP contribution in [0.2, 0.25) is 0 Å². The van der Waals surface area contributed by atoms with Gasteiger partial charge in [-0.3, -0.25) is 0 Å². The molecular weight excluding hydrogens is 697 g/mol. The fraction of sp³-hybridized carbons (Fsp3) is 0.0192. The Balaban J connectivity index is 1.06. The Morgan fingerprint density at radius 1 is 0.404 bits per heavy atom. The zero-order chi connectivity index (χ0) is 37.7. The molecule has 0 aliphatic heterocycles. The monoisotopic (exact) mass is 730 g/mol. The van der Waals surface area contributed by atoms with Crippen molar-refractivity contribution in [3.8, 4) is 62.1 Å². The highest BCUT2D eigenvalue weighted by Gasteiger charge is 2.18. The highest BCUT2D eigenvalue weighted by Crippen LogP contribution is 2.37. The first-order chi connectivity index (χ1) is 28.2. The lowest BCUT2D eigenvalue weighted by Gasteiger charge is -2.12. The quantitative estimate of drug-likeness (QED) is 0.171. The van der Waals surface area contributed by atoms with Gasteiger partial charge in [0.2, 0.25) is 0 Å². The summed E-state index contributed by atoms with van der Waals surface area (Å²) < 4.78 is 8.70. The van der Waals surface area contributed by atoms with Gasteiger partial charge in [0.1, 0.15) is 11.3 Å². The van der Waals surface area contributed by atoms with Crippen LogP contribution in [0.4, 0.5) is 0 Å². The van der Waals surface area contributed by atoms with Crippen LogP contribution in [0.3, 0.4) is 0 Å². The minimum atomic E-state index is 0.581. The summed E-state index contributed by atoms with van der Waals surface area (Å²) in [4.78, 5) is 15.4. The Kier molecular flexibility index (Phi) is 7.81. The largest absolute Gasteiger partial charge is 0.456 e. The molecule has 0 bridgehead atoms. The molecule has 5 heteroatoms. The smallest absolute Gasteiger partial charge is 0.164 e. The predicted molar refractivity (Wildman–Crippen MR) is 234 cm³/mol. The standard InChI is InChI=1S/C52H34N4O/c1-4-13-34(14-5-1)36-23-25-37(26-24-36)50-53-51(55-52(54-50)40-27-29-44-43-20-8-3-9-22-48(43)57-49(44)33-40)39-17-12-18-41(31-39)56-46-21-11-10-19-42(46)45-32-38(28-30-47(45)56)35-15-6-2-7-16-35/h1-2,4-33H,3H2. The van der Waals surface area contributed by atoms with E-state index in [0.29, 0.717) is 17.5 Å². The van der Waals surface area contributed by atoms with Gasteiger partial charge in [0.05, 0.1) is 11.0 Å². The summed E-state index contributed by atoms with van der Waals surface area (Å²) in [6, 6.07) is 59.5. The third-order valence-corrected chi connectivity index (χ3v) is 10.9. The fourth-order valence-corrected chi connectivity index (χ4v) is 8.06. The third-order valence-electron chi connectivity index (χ3n) is 10.9. The lowest BCUT2D eigenvalue weighted by molar-refractivity contribution is 0.603. The van der Waals surface area contributed by atoms with Gasteiger partial charge in [0.15, 0.2) is 17.5 Å². The van der Waals surface area contributed by atoms with E-state index in [1.54, 1.807) is 0 Å². The number of aromatic nitrogens is 4. The van der Waals surface area contributed by atoms with Gasteiger partial charge >= 0.3 is 0 Å². The van der Waals surface area contributed by atoms with E-state index in [1.165, 1.54) is 21.9 Å². The molecule has 3 aromatic heterocycles. The molecule has 7 aromatic carbocycles. The van der Waals surface area contributed by atoms with Crippen LogP contribution in [0.5, 0.6) is 0 Å². The van der Waals surface area contributed by atoms with Crippen molar-refractivity contribution < 1.29 is 4.42 Å². The maximum atomic E-state index is 6.37. The van der Waals surface area contributed by atoms with Gasteiger partial charge in [-0.05, 0) is 77.2 Å². The summed E-state index contributed by atoms with van der Waals surface area (Å²) >= 11 is 0. The van der Waals surface area contributed by atoms with Gasteiger partial charge < -0.3 is 8.98 Å². The second kappa shape index (κ2) is 13.6. The fourth-order valence-electron chi connectivity index (χ4n) is 8.06. The molecule has 268 valence electrons. The number of nitrogens with zero attached hydrogens (tertiary/aromatic N) is 4. The van der Waals surface area contributed by atoms with Crippen LogP contribution in [-0.2, 0) is 0 Å². The highest BCUT2D eigenvalue weighted by atomic mass is 16.3. The number of para-hydroxylation sites is 1. The van der Waals surface area contributed by atoms with E-state index in [2.05, 4.69) is 187 Å². The summed E-state index contributed by atoms with van der Waals surface area (Å²) in [6.07, 6.45) is 9.37. The average Bonchev–Trinajstić information content (AvgIpc) is 3.70. The Hall–Kier alpha value is -7.63. The van der Waals surface area contributed by atoms with Crippen molar-refractivity contribution in [3.05, 3.63) is 193 Å². The number of allylic oxidation sites excluding steroid dienone is 2. The molecule has 0 unspecified atom stereocenters. The van der Waals surface area contributed by atoms with Crippen LogP contribution in [0.15, 0.2) is 186 Å². The molecule has 0 atom stereocenters. The van der Waals surface area contributed by atoms with Gasteiger partial charge in [0.25, 0.3) is 0 Å². The number of rotatable bonds is 6. The lowest BCUT2D eigenvalue weighted by Crippen LogP contribution is -2.01. The summed E-state index contributed by atoms with van der Waals surface area (Å²) in [7, 11) is 0. The molecule has 0 amide bonds. The number of furan rings is 1. The van der Waals surface area contributed by atoms with Gasteiger partial charge in [-0.2, -0.15) is 0 Å². The van der Waals surface area contributed by atoms with E-state index in [9.17, 15) is 0 Å². The third kappa shape index (κ3) is 5.85. The van der Waals surface area contributed by atoms with Crippen molar-refractivity contribution in [3.63, 3.8) is 0 Å². The van der Waals surface area contributed by atoms with Gasteiger partial charge in [-0.15, -0.1) is 0 Å². The predicted octanol–water partition coefficient (Wildman–Crippen LogP) is 13.5. The Labute approximate surface area is 329 Å². The Bertz CT molecular complexity index is 3190. The van der Waals surface area contributed by atoms with Crippen LogP contribution in [0.1, 0.15) is 17.7 Å². The van der Waals surface area contributed by atoms with Gasteiger partial charge in [-0.25, -0.2) is 15.0 Å². The normalized spacial score (nSPS) is 12.4. The molecule has 57 heavy (non-hydrogen) atoms. The van der Waals surface area contributed by atoms with Crippen molar-refractivity contribution >= 4 is 44.9 Å². The van der Waals surface area contributed by atoms with Crippen LogP contribution < -0.4 is 0 Å². The minimum absolute atomic E-state index is 0.581. The Morgan fingerprint density at radius 3 is 1.77 bits per heavy atom. The molecule has 1 aliphatic carbocycles. The first kappa shape index (κ1) is 32.8. The molecule has 1 aliphatic rings. The molecular formula is C52H34N4O. The van der Waals surface area contributed by atoms with E-state index in [-0.39, 0.29) is 0 Å². The SMILES string of the molecule is C1=Cc2oc3cc(-c4nc(-c5ccc(-c6ccccc6)cc5)nc(-c5cccc(-n6c7ccccc7c7cc(-c8ccccc8)ccc76)c5)n4)ccc3c2C=CC1. The van der Waals surface area contributed by atoms with E-state index < -0.39 is 0 Å². The second-order valence-corrected chi connectivity index (χ2v) is 14.4. The van der Waals surface area contributed by atoms with Crippen molar-refractivity contribution in [2.75, 3.05) is 0 Å². The van der Waals surface area contributed by atoms with Gasteiger partial charge in [0, 0.05) is 44.1 Å². The molecule has 0 fully saturated rings. The Morgan fingerprint density at radius 2 is 0.982 bits per heavy atom. The van der Waals surface area contributed by atoms with E-state index in [4.69, 9.17) is 19.4 Å². The van der Waals surface area contributed by atoms with Gasteiger partial charge in [-0.1, -0.05) is 146 Å². The highest BCUT2D eigenvalue weighted by molar-refractivity contribution is 6.10. The topological polar surface area (TPSA) is 56.7 Å². The molecule has 0 spiro atoms. The first-order valence-corrected chi connectivity index (χ1v) is 19.2. The molecule has 3 heterocycles. The molecule has 0 N–H and O–H groups in total. The zero-order valence-corrected chi connectivity index (χ0v) is 30.9. The molecule has 5 nitrogen and oxygen atoms in total. The van der Waals surface area contributed by atoms with Crippen molar-refractivity contribution in [2.45, 2.75) is 6.42 Å². The number of hydrogen-bond acceptors (Lipinski definition) is 4. The van der Waals surface area contributed by atoms with Crippen LogP contribution in [0, 0.1) is 0 Å². The maximum Gasteiger partial charge on any atom is 0.164 e.